The fraction of sp³-hybridized carbons (Fsp3) is 0.529. The van der Waals surface area contributed by atoms with Crippen LogP contribution in [0.5, 0.6) is 0 Å². The molecule has 0 amide bonds. The molecule has 2 aromatic heterocycles. The molecule has 5 nitrogen and oxygen atoms in total. The zero-order chi connectivity index (χ0) is 21.4. The Balaban J connectivity index is 1.83. The SMILES string of the molecule is Nc1ncc(-c2cn(C34CC(C3)[C@@H](F)C4)c([C@@H](O)C(F)(F)F)n2)cc1C(F)(F)F. The molecule has 29 heavy (non-hydrogen) atoms. The lowest BCUT2D eigenvalue weighted by atomic mass is 9.76. The van der Waals surface area contributed by atoms with E-state index in [2.05, 4.69) is 9.97 Å². The highest BCUT2D eigenvalue weighted by Gasteiger charge is 2.59. The quantitative estimate of drug-likeness (QED) is 0.731. The minimum atomic E-state index is -5.05. The van der Waals surface area contributed by atoms with Crippen LogP contribution in [0.25, 0.3) is 11.3 Å². The van der Waals surface area contributed by atoms with Crippen molar-refractivity contribution in [2.24, 2.45) is 5.92 Å². The zero-order valence-electron chi connectivity index (χ0n) is 14.6. The van der Waals surface area contributed by atoms with Gasteiger partial charge in [-0.3, -0.25) is 0 Å². The number of alkyl halides is 7. The summed E-state index contributed by atoms with van der Waals surface area (Å²) in [5.74, 6) is -1.86. The molecule has 2 aromatic rings. The van der Waals surface area contributed by atoms with Gasteiger partial charge in [-0.2, -0.15) is 26.3 Å². The van der Waals surface area contributed by atoms with Crippen LogP contribution in [-0.4, -0.2) is 32.0 Å². The summed E-state index contributed by atoms with van der Waals surface area (Å²) in [5, 5.41) is 9.77. The highest BCUT2D eigenvalue weighted by molar-refractivity contribution is 5.62. The molecule has 0 aromatic carbocycles. The van der Waals surface area contributed by atoms with E-state index in [1.807, 2.05) is 0 Å². The van der Waals surface area contributed by atoms with Crippen LogP contribution in [0.1, 0.15) is 36.8 Å². The molecule has 2 heterocycles. The Morgan fingerprint density at radius 2 is 1.83 bits per heavy atom. The summed E-state index contributed by atoms with van der Waals surface area (Å²) in [6.07, 6.45) is -11.5. The minimum Gasteiger partial charge on any atom is -0.383 e. The standard InChI is InChI=1S/C17H15F7N4O/c18-10-4-15(2-8(10)3-15)28-6-11(27-14(28)12(29)17(22,23)24)7-1-9(16(19,20)21)13(25)26-5-7/h1,5-6,8,10,12,29H,2-4H2,(H2,25,26)/t8?,10-,12+,15?/m0/s1. The van der Waals surface area contributed by atoms with E-state index in [1.165, 1.54) is 0 Å². The Morgan fingerprint density at radius 3 is 2.34 bits per heavy atom. The third kappa shape index (κ3) is 3.13. The van der Waals surface area contributed by atoms with Crippen molar-refractivity contribution in [2.45, 2.75) is 49.4 Å². The van der Waals surface area contributed by atoms with E-state index >= 15 is 0 Å². The van der Waals surface area contributed by atoms with Crippen LogP contribution >= 0.6 is 0 Å². The van der Waals surface area contributed by atoms with Gasteiger partial charge in [-0.25, -0.2) is 14.4 Å². The number of hydrogen-bond donors (Lipinski definition) is 2. The third-order valence-corrected chi connectivity index (χ3v) is 5.69. The van der Waals surface area contributed by atoms with Gasteiger partial charge in [-0.15, -0.1) is 0 Å². The molecule has 0 aliphatic heterocycles. The smallest absolute Gasteiger partial charge is 0.383 e. The summed E-state index contributed by atoms with van der Waals surface area (Å²) >= 11 is 0. The fourth-order valence-corrected chi connectivity index (χ4v) is 4.26. The number of nitrogens with two attached hydrogens (primary N) is 1. The highest BCUT2D eigenvalue weighted by Crippen LogP contribution is 2.59. The Bertz CT molecular complexity index is 946. The number of aromatic nitrogens is 3. The van der Waals surface area contributed by atoms with Crippen LogP contribution in [0, 0.1) is 5.92 Å². The molecule has 2 bridgehead atoms. The molecule has 3 fully saturated rings. The number of anilines is 1. The van der Waals surface area contributed by atoms with Crippen LogP contribution in [0.15, 0.2) is 18.5 Å². The second kappa shape index (κ2) is 6.07. The summed E-state index contributed by atoms with van der Waals surface area (Å²) in [6, 6.07) is 0.632. The van der Waals surface area contributed by atoms with Gasteiger partial charge in [0, 0.05) is 29.9 Å². The normalized spacial score (nSPS) is 27.7. The van der Waals surface area contributed by atoms with E-state index in [-0.39, 0.29) is 36.4 Å². The van der Waals surface area contributed by atoms with Crippen LogP contribution in [0.4, 0.5) is 36.6 Å². The molecule has 158 valence electrons. The number of nitrogen functional groups attached to an aromatic ring is 1. The van der Waals surface area contributed by atoms with Crippen molar-refractivity contribution >= 4 is 5.82 Å². The van der Waals surface area contributed by atoms with Gasteiger partial charge in [0.15, 0.2) is 0 Å². The second-order valence-electron chi connectivity index (χ2n) is 7.57. The lowest BCUT2D eigenvalue weighted by molar-refractivity contribution is -0.210. The predicted molar refractivity (Wildman–Crippen MR) is 86.1 cm³/mol. The number of hydrogen-bond acceptors (Lipinski definition) is 4. The van der Waals surface area contributed by atoms with Gasteiger partial charge in [0.05, 0.1) is 11.3 Å². The topological polar surface area (TPSA) is 77.0 Å². The Labute approximate surface area is 159 Å². The van der Waals surface area contributed by atoms with Crippen LogP contribution in [-0.2, 0) is 11.7 Å². The summed E-state index contributed by atoms with van der Waals surface area (Å²) in [7, 11) is 0. The molecule has 12 heteroatoms. The molecule has 0 unspecified atom stereocenters. The van der Waals surface area contributed by atoms with E-state index in [1.54, 1.807) is 0 Å². The first-order chi connectivity index (χ1) is 13.3. The molecular formula is C17H15F7N4O. The summed E-state index contributed by atoms with van der Waals surface area (Å²) in [6.45, 7) is 0. The Morgan fingerprint density at radius 1 is 1.17 bits per heavy atom. The van der Waals surface area contributed by atoms with Gasteiger partial charge in [0.2, 0.25) is 6.10 Å². The summed E-state index contributed by atoms with van der Waals surface area (Å²) < 4.78 is 93.7. The van der Waals surface area contributed by atoms with Crippen molar-refractivity contribution in [2.75, 3.05) is 5.73 Å². The van der Waals surface area contributed by atoms with Crippen molar-refractivity contribution in [1.82, 2.24) is 14.5 Å². The van der Waals surface area contributed by atoms with E-state index in [0.29, 0.717) is 6.07 Å². The van der Waals surface area contributed by atoms with Gasteiger partial charge in [-0.1, -0.05) is 0 Å². The largest absolute Gasteiger partial charge is 0.421 e. The van der Waals surface area contributed by atoms with E-state index in [9.17, 15) is 35.8 Å². The van der Waals surface area contributed by atoms with Crippen molar-refractivity contribution in [1.29, 1.82) is 0 Å². The number of pyridine rings is 1. The molecular weight excluding hydrogens is 409 g/mol. The Hall–Kier alpha value is -2.37. The highest BCUT2D eigenvalue weighted by atomic mass is 19.4. The lowest BCUT2D eigenvalue weighted by Crippen LogP contribution is -2.41. The maximum absolute atomic E-state index is 13.9. The van der Waals surface area contributed by atoms with E-state index < -0.39 is 47.4 Å². The maximum atomic E-state index is 13.9. The lowest BCUT2D eigenvalue weighted by Gasteiger charge is -2.40. The molecule has 3 saturated carbocycles. The Kier molecular flexibility index (Phi) is 4.17. The van der Waals surface area contributed by atoms with E-state index in [4.69, 9.17) is 5.73 Å². The first-order valence-electron chi connectivity index (χ1n) is 8.63. The maximum Gasteiger partial charge on any atom is 0.421 e. The van der Waals surface area contributed by atoms with Crippen molar-refractivity contribution in [3.05, 3.63) is 29.8 Å². The predicted octanol–water partition coefficient (Wildman–Crippen LogP) is 3.99. The molecule has 5 rings (SSSR count). The van der Waals surface area contributed by atoms with Crippen molar-refractivity contribution in [3.63, 3.8) is 0 Å². The molecule has 2 atom stereocenters. The van der Waals surface area contributed by atoms with Gasteiger partial charge in [0.1, 0.15) is 17.8 Å². The molecule has 0 saturated heterocycles. The van der Waals surface area contributed by atoms with Crippen LogP contribution in [0.2, 0.25) is 0 Å². The number of aliphatic hydroxyl groups is 1. The van der Waals surface area contributed by atoms with Gasteiger partial charge < -0.3 is 15.4 Å². The van der Waals surface area contributed by atoms with E-state index in [0.717, 1.165) is 17.0 Å². The van der Waals surface area contributed by atoms with Gasteiger partial charge in [-0.05, 0) is 24.8 Å². The second-order valence-corrected chi connectivity index (χ2v) is 7.57. The first-order valence-corrected chi connectivity index (χ1v) is 8.63. The number of halogens is 7. The molecule has 0 spiro atoms. The minimum absolute atomic E-state index is 0.0428. The number of rotatable bonds is 3. The first kappa shape index (κ1) is 19.9. The summed E-state index contributed by atoms with van der Waals surface area (Å²) in [5.41, 5.74) is 2.54. The number of aliphatic hydroxyl groups excluding tert-OH is 1. The average Bonchev–Trinajstić information content (AvgIpc) is 3.22. The van der Waals surface area contributed by atoms with Crippen molar-refractivity contribution < 1.29 is 35.8 Å². The summed E-state index contributed by atoms with van der Waals surface area (Å²) in [4.78, 5) is 7.22. The molecule has 0 radical (unpaired) electrons. The molecule has 3 aliphatic carbocycles. The van der Waals surface area contributed by atoms with Crippen LogP contribution in [0.3, 0.4) is 0 Å². The van der Waals surface area contributed by atoms with Crippen molar-refractivity contribution in [3.8, 4) is 11.3 Å². The fourth-order valence-electron chi connectivity index (χ4n) is 4.26. The van der Waals surface area contributed by atoms with Gasteiger partial charge >= 0.3 is 12.4 Å². The number of fused-ring (bicyclic) bond motifs is 1. The molecule has 3 aliphatic rings. The number of imidazole rings is 1. The third-order valence-electron chi connectivity index (χ3n) is 5.69. The zero-order valence-corrected chi connectivity index (χ0v) is 14.6. The van der Waals surface area contributed by atoms with Gasteiger partial charge in [0.25, 0.3) is 0 Å². The van der Waals surface area contributed by atoms with Crippen LogP contribution < -0.4 is 5.73 Å². The monoisotopic (exact) mass is 424 g/mol. The molecule has 3 N–H and O–H groups in total. The average molecular weight is 424 g/mol. The number of nitrogens with zero attached hydrogens (tertiary/aromatic N) is 3.